The lowest BCUT2D eigenvalue weighted by Gasteiger charge is -2.33. The molecule has 1 aromatic rings. The lowest BCUT2D eigenvalue weighted by molar-refractivity contribution is -0.178. The molecular formula is C21H28Cl2F2N2O7. The molecule has 2 aliphatic rings. The Kier molecular flexibility index (Phi) is 9.81. The Hall–Kier alpha value is -2.05. The van der Waals surface area contributed by atoms with E-state index < -0.39 is 65.7 Å². The van der Waals surface area contributed by atoms with Crippen LogP contribution in [0.1, 0.15) is 25.8 Å². The van der Waals surface area contributed by atoms with Crippen LogP contribution in [-0.2, 0) is 35.2 Å². The first-order valence-electron chi connectivity index (χ1n) is 10.1. The maximum absolute atomic E-state index is 14.9. The molecule has 0 aromatic heterocycles. The fourth-order valence-electron chi connectivity index (χ4n) is 4.21. The first-order valence-corrected chi connectivity index (χ1v) is 10.1. The molecule has 2 saturated carbocycles. The standard InChI is InChI=1S/C21H26F2N2O7.2ClH/c1-10(2)15(24)17(26)31-9-32-19(29)21(25)14(7-13-16(21)20(13,23)18(27)28)30-8-11-3-5-12(22)6-4-11;;/h3-6,10,13-16H,7-9,24-25H2,1-2H3,(H,27,28);2*1H/t13-,14-,15?,16+,20-,21+;;/m1../s1. The summed E-state index contributed by atoms with van der Waals surface area (Å²) in [6, 6.07) is 4.45. The summed E-state index contributed by atoms with van der Waals surface area (Å²) in [5.41, 5.74) is 7.65. The Balaban J connectivity index is 0.00000289. The molecule has 0 spiro atoms. The quantitative estimate of drug-likeness (QED) is 0.321. The zero-order valence-electron chi connectivity index (χ0n) is 18.4. The van der Waals surface area contributed by atoms with Crippen molar-refractivity contribution in [3.05, 3.63) is 35.6 Å². The minimum atomic E-state index is -2.68. The van der Waals surface area contributed by atoms with Crippen molar-refractivity contribution in [2.24, 2.45) is 29.2 Å². The molecule has 0 aliphatic heterocycles. The molecule has 2 fully saturated rings. The van der Waals surface area contributed by atoms with E-state index in [2.05, 4.69) is 0 Å². The molecule has 6 atom stereocenters. The molecule has 34 heavy (non-hydrogen) atoms. The summed E-state index contributed by atoms with van der Waals surface area (Å²) in [6.07, 6.45) is -1.19. The molecule has 2 aliphatic carbocycles. The van der Waals surface area contributed by atoms with Gasteiger partial charge < -0.3 is 30.8 Å². The first-order chi connectivity index (χ1) is 14.9. The molecule has 0 heterocycles. The number of aliphatic carboxylic acids is 1. The highest BCUT2D eigenvalue weighted by atomic mass is 35.5. The van der Waals surface area contributed by atoms with Crippen molar-refractivity contribution in [2.75, 3.05) is 6.79 Å². The number of rotatable bonds is 9. The van der Waals surface area contributed by atoms with Gasteiger partial charge in [0.25, 0.3) is 0 Å². The van der Waals surface area contributed by atoms with Gasteiger partial charge in [-0.05, 0) is 30.0 Å². The maximum atomic E-state index is 14.9. The number of hydrogen-bond donors (Lipinski definition) is 3. The number of hydrogen-bond acceptors (Lipinski definition) is 8. The Morgan fingerprint density at radius 2 is 1.76 bits per heavy atom. The van der Waals surface area contributed by atoms with Crippen molar-refractivity contribution in [3.8, 4) is 0 Å². The molecule has 1 aromatic carbocycles. The van der Waals surface area contributed by atoms with Crippen molar-refractivity contribution in [1.82, 2.24) is 0 Å². The molecule has 0 radical (unpaired) electrons. The van der Waals surface area contributed by atoms with Crippen LogP contribution in [-0.4, -0.2) is 53.2 Å². The minimum Gasteiger partial charge on any atom is -0.479 e. The van der Waals surface area contributed by atoms with Crippen LogP contribution in [0.2, 0.25) is 0 Å². The Labute approximate surface area is 207 Å². The number of benzene rings is 1. The van der Waals surface area contributed by atoms with Crippen LogP contribution >= 0.6 is 24.8 Å². The van der Waals surface area contributed by atoms with Crippen LogP contribution in [0.25, 0.3) is 0 Å². The highest BCUT2D eigenvalue weighted by Gasteiger charge is 2.85. The van der Waals surface area contributed by atoms with E-state index in [1.165, 1.54) is 24.3 Å². The number of carbonyl (C=O) groups is 3. The van der Waals surface area contributed by atoms with E-state index in [0.717, 1.165) is 0 Å². The van der Waals surface area contributed by atoms with E-state index in [9.17, 15) is 28.3 Å². The van der Waals surface area contributed by atoms with E-state index in [1.54, 1.807) is 13.8 Å². The van der Waals surface area contributed by atoms with Crippen molar-refractivity contribution in [1.29, 1.82) is 0 Å². The smallest absolute Gasteiger partial charge is 0.342 e. The average molecular weight is 529 g/mol. The van der Waals surface area contributed by atoms with Gasteiger partial charge in [-0.25, -0.2) is 18.4 Å². The van der Waals surface area contributed by atoms with E-state index in [0.29, 0.717) is 5.56 Å². The van der Waals surface area contributed by atoms with Gasteiger partial charge in [0.2, 0.25) is 12.5 Å². The molecular weight excluding hydrogens is 501 g/mol. The largest absolute Gasteiger partial charge is 0.479 e. The summed E-state index contributed by atoms with van der Waals surface area (Å²) >= 11 is 0. The van der Waals surface area contributed by atoms with Gasteiger partial charge in [0, 0.05) is 11.8 Å². The van der Waals surface area contributed by atoms with Crippen molar-refractivity contribution < 1.29 is 42.5 Å². The van der Waals surface area contributed by atoms with E-state index in [4.69, 9.17) is 25.7 Å². The fraction of sp³-hybridized carbons (Fsp3) is 0.571. The monoisotopic (exact) mass is 528 g/mol. The fourth-order valence-corrected chi connectivity index (χ4v) is 4.21. The number of fused-ring (bicyclic) bond motifs is 1. The molecule has 9 nitrogen and oxygen atoms in total. The summed E-state index contributed by atoms with van der Waals surface area (Å²) in [7, 11) is 0. The Morgan fingerprint density at radius 3 is 2.29 bits per heavy atom. The second-order valence-electron chi connectivity index (χ2n) is 8.54. The van der Waals surface area contributed by atoms with Gasteiger partial charge >= 0.3 is 17.9 Å². The zero-order chi connectivity index (χ0) is 23.8. The lowest BCUT2D eigenvalue weighted by Crippen LogP contribution is -2.61. The Bertz CT molecular complexity index is 908. The van der Waals surface area contributed by atoms with E-state index in [1.807, 2.05) is 0 Å². The van der Waals surface area contributed by atoms with Crippen LogP contribution in [0.4, 0.5) is 8.78 Å². The molecule has 0 bridgehead atoms. The van der Waals surface area contributed by atoms with Gasteiger partial charge in [0.1, 0.15) is 17.4 Å². The second kappa shape index (κ2) is 11.1. The number of carbonyl (C=O) groups excluding carboxylic acids is 2. The third-order valence-electron chi connectivity index (χ3n) is 6.23. The lowest BCUT2D eigenvalue weighted by atomic mass is 9.87. The third kappa shape index (κ3) is 5.28. The number of halogens is 4. The number of ether oxygens (including phenoxy) is 3. The predicted molar refractivity (Wildman–Crippen MR) is 119 cm³/mol. The van der Waals surface area contributed by atoms with Crippen LogP contribution < -0.4 is 11.5 Å². The number of nitrogens with two attached hydrogens (primary N) is 2. The van der Waals surface area contributed by atoms with Gasteiger partial charge in [-0.2, -0.15) is 0 Å². The number of alkyl halides is 1. The Morgan fingerprint density at radius 1 is 1.18 bits per heavy atom. The molecule has 0 amide bonds. The SMILES string of the molecule is CC(C)C(N)C(=O)OCOC(=O)[C@@]1(N)[C@H]2[C@@H](C[C@H]1OCc1ccc(F)cc1)[C@]2(F)C(=O)O.Cl.Cl. The van der Waals surface area contributed by atoms with E-state index >= 15 is 0 Å². The zero-order valence-corrected chi connectivity index (χ0v) is 20.1. The number of esters is 2. The van der Waals surface area contributed by atoms with Crippen molar-refractivity contribution in [3.63, 3.8) is 0 Å². The van der Waals surface area contributed by atoms with Crippen molar-refractivity contribution in [2.45, 2.75) is 50.2 Å². The normalized spacial score (nSPS) is 29.8. The topological polar surface area (TPSA) is 151 Å². The van der Waals surface area contributed by atoms with Gasteiger partial charge in [-0.1, -0.05) is 26.0 Å². The first kappa shape index (κ1) is 30.0. The highest BCUT2D eigenvalue weighted by Crippen LogP contribution is 2.67. The van der Waals surface area contributed by atoms with Gasteiger partial charge in [-0.3, -0.25) is 4.79 Å². The number of carboxylic acids is 1. The van der Waals surface area contributed by atoms with Crippen LogP contribution in [0.15, 0.2) is 24.3 Å². The molecule has 13 heteroatoms. The van der Waals surface area contributed by atoms with Gasteiger partial charge in [0.15, 0.2) is 0 Å². The average Bonchev–Trinajstić information content (AvgIpc) is 3.22. The van der Waals surface area contributed by atoms with Gasteiger partial charge in [-0.15, -0.1) is 24.8 Å². The molecule has 1 unspecified atom stereocenters. The molecule has 192 valence electrons. The van der Waals surface area contributed by atoms with E-state index in [-0.39, 0.29) is 43.8 Å². The summed E-state index contributed by atoms with van der Waals surface area (Å²) < 4.78 is 43.5. The predicted octanol–water partition coefficient (Wildman–Crippen LogP) is 1.72. The molecule has 5 N–H and O–H groups in total. The summed E-state index contributed by atoms with van der Waals surface area (Å²) in [6.45, 7) is 2.52. The molecule has 0 saturated heterocycles. The highest BCUT2D eigenvalue weighted by molar-refractivity contribution is 5.91. The molecule has 3 rings (SSSR count). The number of carboxylic acid groups (broad SMARTS) is 1. The maximum Gasteiger partial charge on any atom is 0.342 e. The summed E-state index contributed by atoms with van der Waals surface area (Å²) in [5, 5.41) is 9.27. The van der Waals surface area contributed by atoms with Crippen molar-refractivity contribution >= 4 is 42.7 Å². The summed E-state index contributed by atoms with van der Waals surface area (Å²) in [4.78, 5) is 36.1. The van der Waals surface area contributed by atoms with Crippen LogP contribution in [0, 0.1) is 23.6 Å². The minimum absolute atomic E-state index is 0. The third-order valence-corrected chi connectivity index (χ3v) is 6.23. The second-order valence-corrected chi connectivity index (χ2v) is 8.54. The van der Waals surface area contributed by atoms with Gasteiger partial charge in [0.05, 0.1) is 12.7 Å². The summed E-state index contributed by atoms with van der Waals surface area (Å²) in [5.74, 6) is -6.73. The van der Waals surface area contributed by atoms with Crippen LogP contribution in [0.5, 0.6) is 0 Å². The van der Waals surface area contributed by atoms with Crippen LogP contribution in [0.3, 0.4) is 0 Å².